The minimum Gasteiger partial charge on any atom is -0.477 e. The molecule has 0 amide bonds. The summed E-state index contributed by atoms with van der Waals surface area (Å²) in [6.07, 6.45) is 0.673. The Morgan fingerprint density at radius 3 is 2.79 bits per heavy atom. The van der Waals surface area contributed by atoms with Gasteiger partial charge in [-0.05, 0) is 74.0 Å². The number of benzene rings is 3. The summed E-state index contributed by atoms with van der Waals surface area (Å²) in [5.41, 5.74) is 1.44. The molecule has 0 aliphatic heterocycles. The van der Waals surface area contributed by atoms with Crippen LogP contribution in [0.2, 0.25) is 5.02 Å². The Labute approximate surface area is 230 Å². The quantitative estimate of drug-likeness (QED) is 0.159. The molecule has 0 saturated heterocycles. The Hall–Kier alpha value is -3.95. The Kier molecular flexibility index (Phi) is 7.31. The maximum absolute atomic E-state index is 13.4. The van der Waals surface area contributed by atoms with Gasteiger partial charge in [0.2, 0.25) is 5.82 Å². The molecule has 2 heterocycles. The Balaban J connectivity index is 1.53. The van der Waals surface area contributed by atoms with Crippen LogP contribution < -0.4 is 10.3 Å². The number of furan rings is 1. The number of hydrogen-bond donors (Lipinski definition) is 0. The maximum atomic E-state index is 13.4. The highest BCUT2D eigenvalue weighted by Gasteiger charge is 2.18. The van der Waals surface area contributed by atoms with E-state index in [2.05, 4.69) is 26.0 Å². The predicted molar refractivity (Wildman–Crippen MR) is 150 cm³/mol. The van der Waals surface area contributed by atoms with Crippen LogP contribution in [0, 0.1) is 0 Å². The van der Waals surface area contributed by atoms with Gasteiger partial charge in [-0.2, -0.15) is 9.78 Å². The monoisotopic (exact) mass is 593 g/mol. The topological polar surface area (TPSA) is 95.9 Å². The summed E-state index contributed by atoms with van der Waals surface area (Å²) in [6, 6.07) is 19.5. The molecular weight excluding hydrogens is 574 g/mol. The van der Waals surface area contributed by atoms with Gasteiger partial charge in [0.25, 0.3) is 5.56 Å². The Bertz CT molecular complexity index is 1760. The minimum atomic E-state index is -0.818. The number of fused-ring (bicyclic) bond motifs is 2. The van der Waals surface area contributed by atoms with E-state index in [9.17, 15) is 9.59 Å². The van der Waals surface area contributed by atoms with Crippen LogP contribution in [0.4, 0.5) is 0 Å². The molecule has 8 nitrogen and oxygen atoms in total. The van der Waals surface area contributed by atoms with Crippen LogP contribution in [-0.4, -0.2) is 34.6 Å². The fraction of sp³-hybridized carbons (Fsp3) is 0.143. The van der Waals surface area contributed by atoms with Gasteiger partial charge in [0.05, 0.1) is 28.7 Å². The third kappa shape index (κ3) is 5.20. The summed E-state index contributed by atoms with van der Waals surface area (Å²) in [5, 5.41) is 6.00. The molecule has 0 aliphatic carbocycles. The molecule has 0 fully saturated rings. The van der Waals surface area contributed by atoms with Crippen LogP contribution >= 0.6 is 27.5 Å². The third-order valence-electron chi connectivity index (χ3n) is 5.65. The summed E-state index contributed by atoms with van der Waals surface area (Å²) >= 11 is 9.86. The second-order valence-electron chi connectivity index (χ2n) is 8.31. The van der Waals surface area contributed by atoms with Gasteiger partial charge >= 0.3 is 5.97 Å². The fourth-order valence-electron chi connectivity index (χ4n) is 3.83. The molecule has 0 N–H and O–H groups in total. The van der Waals surface area contributed by atoms with Crippen molar-refractivity contribution in [2.45, 2.75) is 20.0 Å². The number of para-hydroxylation sites is 1. The maximum Gasteiger partial charge on any atom is 0.347 e. The van der Waals surface area contributed by atoms with Crippen molar-refractivity contribution in [3.05, 3.63) is 92.1 Å². The van der Waals surface area contributed by atoms with E-state index in [1.165, 1.54) is 10.9 Å². The fourth-order valence-corrected chi connectivity index (χ4v) is 4.44. The van der Waals surface area contributed by atoms with Crippen LogP contribution in [0.1, 0.15) is 19.4 Å². The van der Waals surface area contributed by atoms with Gasteiger partial charge in [0.1, 0.15) is 11.3 Å². The first-order valence-electron chi connectivity index (χ1n) is 11.7. The molecule has 192 valence electrons. The van der Waals surface area contributed by atoms with Crippen molar-refractivity contribution in [2.24, 2.45) is 5.10 Å². The van der Waals surface area contributed by atoms with Gasteiger partial charge in [0, 0.05) is 9.86 Å². The average molecular weight is 595 g/mol. The van der Waals surface area contributed by atoms with Crippen LogP contribution in [0.25, 0.3) is 33.5 Å². The van der Waals surface area contributed by atoms with E-state index in [0.29, 0.717) is 33.6 Å². The molecule has 1 atom stereocenters. The number of esters is 1. The zero-order valence-corrected chi connectivity index (χ0v) is 22.7. The zero-order chi connectivity index (χ0) is 26.8. The normalized spacial score (nSPS) is 12.3. The molecule has 0 unspecified atom stereocenters. The first kappa shape index (κ1) is 25.7. The molecule has 0 saturated carbocycles. The van der Waals surface area contributed by atoms with E-state index in [1.54, 1.807) is 50.2 Å². The van der Waals surface area contributed by atoms with E-state index < -0.39 is 12.1 Å². The molecule has 0 aliphatic rings. The van der Waals surface area contributed by atoms with Crippen molar-refractivity contribution < 1.29 is 18.7 Å². The second kappa shape index (κ2) is 10.8. The van der Waals surface area contributed by atoms with Crippen molar-refractivity contribution in [3.63, 3.8) is 0 Å². The molecular formula is C28H21BrClN3O5. The molecule has 0 bridgehead atoms. The predicted octanol–water partition coefficient (Wildman–Crippen LogP) is 6.44. The summed E-state index contributed by atoms with van der Waals surface area (Å²) in [4.78, 5) is 30.0. The second-order valence-corrected chi connectivity index (χ2v) is 9.63. The lowest BCUT2D eigenvalue weighted by atomic mass is 10.2. The lowest BCUT2D eigenvalue weighted by molar-refractivity contribution is -0.150. The molecule has 5 rings (SSSR count). The number of hydrogen-bond acceptors (Lipinski definition) is 7. The highest BCUT2D eigenvalue weighted by molar-refractivity contribution is 9.10. The first-order valence-corrected chi connectivity index (χ1v) is 12.9. The first-order chi connectivity index (χ1) is 18.3. The highest BCUT2D eigenvalue weighted by Crippen LogP contribution is 2.30. The zero-order valence-electron chi connectivity index (χ0n) is 20.4. The molecule has 2 aromatic heterocycles. The average Bonchev–Trinajstić information content (AvgIpc) is 3.32. The minimum absolute atomic E-state index is 0.256. The standard InChI is InChI=1S/C28H21BrClN3O5/c1-3-36-28(35)16(2)37-24-10-8-17(12-21(24)30)15-31-33-26(32-22-7-5-4-6-20(22)27(33)34)25-14-18-13-19(29)9-11-23(18)38-25/h4-16H,3H2,1-2H3/t16-/m0/s1. The van der Waals surface area contributed by atoms with Crippen molar-refractivity contribution >= 4 is 61.6 Å². The van der Waals surface area contributed by atoms with Gasteiger partial charge in [-0.25, -0.2) is 9.78 Å². The molecule has 0 radical (unpaired) electrons. The Morgan fingerprint density at radius 2 is 2.00 bits per heavy atom. The van der Waals surface area contributed by atoms with E-state index in [4.69, 9.17) is 25.5 Å². The number of aromatic nitrogens is 2. The molecule has 10 heteroatoms. The van der Waals surface area contributed by atoms with Crippen molar-refractivity contribution in [3.8, 4) is 17.3 Å². The molecule has 0 spiro atoms. The van der Waals surface area contributed by atoms with Gasteiger partial charge in [-0.3, -0.25) is 4.79 Å². The summed E-state index contributed by atoms with van der Waals surface area (Å²) in [6.45, 7) is 3.56. The van der Waals surface area contributed by atoms with E-state index in [0.717, 1.165) is 9.86 Å². The van der Waals surface area contributed by atoms with Crippen LogP contribution in [-0.2, 0) is 9.53 Å². The largest absolute Gasteiger partial charge is 0.477 e. The number of carbonyl (C=O) groups is 1. The number of nitrogens with zero attached hydrogens (tertiary/aromatic N) is 3. The lowest BCUT2D eigenvalue weighted by Gasteiger charge is -2.14. The number of halogens is 2. The van der Waals surface area contributed by atoms with E-state index >= 15 is 0 Å². The SMILES string of the molecule is CCOC(=O)[C@H](C)Oc1ccc(C=Nn2c(-c3cc4cc(Br)ccc4o3)nc3ccccc3c2=O)cc1Cl. The van der Waals surface area contributed by atoms with Crippen LogP contribution in [0.15, 0.2) is 85.5 Å². The van der Waals surface area contributed by atoms with E-state index in [1.807, 2.05) is 30.3 Å². The van der Waals surface area contributed by atoms with Gasteiger partial charge in [-0.15, -0.1) is 0 Å². The molecule has 5 aromatic rings. The van der Waals surface area contributed by atoms with Crippen molar-refractivity contribution in [1.82, 2.24) is 9.66 Å². The van der Waals surface area contributed by atoms with Gasteiger partial charge in [-0.1, -0.05) is 39.7 Å². The van der Waals surface area contributed by atoms with Crippen molar-refractivity contribution in [1.29, 1.82) is 0 Å². The molecule has 3 aromatic carbocycles. The summed E-state index contributed by atoms with van der Waals surface area (Å²) < 4.78 is 18.7. The highest BCUT2D eigenvalue weighted by atomic mass is 79.9. The number of ether oxygens (including phenoxy) is 2. The van der Waals surface area contributed by atoms with Crippen molar-refractivity contribution in [2.75, 3.05) is 6.61 Å². The summed E-state index contributed by atoms with van der Waals surface area (Å²) in [7, 11) is 0. The smallest absolute Gasteiger partial charge is 0.347 e. The summed E-state index contributed by atoms with van der Waals surface area (Å²) in [5.74, 6) is 0.491. The van der Waals surface area contributed by atoms with Gasteiger partial charge in [0.15, 0.2) is 11.9 Å². The molecule has 38 heavy (non-hydrogen) atoms. The van der Waals surface area contributed by atoms with Crippen LogP contribution in [0.3, 0.4) is 0 Å². The van der Waals surface area contributed by atoms with E-state index in [-0.39, 0.29) is 23.0 Å². The van der Waals surface area contributed by atoms with Crippen LogP contribution in [0.5, 0.6) is 5.75 Å². The Morgan fingerprint density at radius 1 is 1.18 bits per heavy atom. The third-order valence-corrected chi connectivity index (χ3v) is 6.44. The van der Waals surface area contributed by atoms with Gasteiger partial charge < -0.3 is 13.9 Å². The number of carbonyl (C=O) groups excluding carboxylic acids is 1. The number of rotatable bonds is 7. The lowest BCUT2D eigenvalue weighted by Crippen LogP contribution is -2.26.